The first-order chi connectivity index (χ1) is 24.7. The van der Waals surface area contributed by atoms with Crippen molar-refractivity contribution < 1.29 is 33.2 Å². The number of hydrogen-bond donors (Lipinski definition) is 0. The summed E-state index contributed by atoms with van der Waals surface area (Å²) in [6.07, 6.45) is 18.9. The molecule has 3 rings (SSSR count). The number of benzene rings is 2. The van der Waals surface area contributed by atoms with Crippen LogP contribution in [0.15, 0.2) is 48.5 Å². The molecule has 0 atom stereocenters. The van der Waals surface area contributed by atoms with E-state index in [1.807, 2.05) is 24.3 Å². The molecular formula is C42H67NO7. The normalized spacial score (nSPS) is 12.3. The summed E-state index contributed by atoms with van der Waals surface area (Å²) in [5.41, 5.74) is 4.85. The topological polar surface area (TPSA) is 75.7 Å². The number of fused-ring (bicyclic) bond motifs is 3. The average Bonchev–Trinajstić information content (AvgIpc) is 3.46. The van der Waals surface area contributed by atoms with Crippen molar-refractivity contribution in [3.63, 3.8) is 0 Å². The van der Waals surface area contributed by atoms with Crippen molar-refractivity contribution in [3.8, 4) is 11.1 Å². The third-order valence-corrected chi connectivity index (χ3v) is 9.35. The molecule has 0 radical (unpaired) electrons. The van der Waals surface area contributed by atoms with Gasteiger partial charge in [-0.1, -0.05) is 139 Å². The van der Waals surface area contributed by atoms with Gasteiger partial charge in [-0.15, -0.1) is 0 Å². The Morgan fingerprint density at radius 1 is 0.520 bits per heavy atom. The van der Waals surface area contributed by atoms with Crippen LogP contribution in [0.4, 0.5) is 4.79 Å². The van der Waals surface area contributed by atoms with Crippen LogP contribution >= 0.6 is 0 Å². The number of carbonyl (C=O) groups excluding carboxylic acids is 1. The van der Waals surface area contributed by atoms with E-state index in [2.05, 4.69) is 31.2 Å². The fourth-order valence-corrected chi connectivity index (χ4v) is 6.38. The zero-order valence-corrected chi connectivity index (χ0v) is 31.4. The number of hydrogen-bond acceptors (Lipinski definition) is 7. The number of likely N-dealkylation sites (N-methyl/N-ethyl adjacent to an activating group) is 1. The molecule has 1 aliphatic rings. The van der Waals surface area contributed by atoms with E-state index in [9.17, 15) is 4.79 Å². The lowest BCUT2D eigenvalue weighted by atomic mass is 9.98. The zero-order chi connectivity index (χ0) is 35.3. The Labute approximate surface area is 303 Å². The molecule has 282 valence electrons. The number of rotatable bonds is 32. The summed E-state index contributed by atoms with van der Waals surface area (Å²) in [4.78, 5) is 14.2. The standard InChI is InChI=1S/C42H67NO7/c1-3-4-5-6-7-8-9-10-11-12-13-14-15-20-26-45-28-30-47-32-34-49-35-33-48-31-29-46-27-25-43(2)42(44)50-36-41-39-23-18-16-21-37(39)38-22-17-19-24-40(38)41/h16-19,21-24,41H,3-15,20,25-36H2,1-2H3. The Hall–Kier alpha value is -2.49. The highest BCUT2D eigenvalue weighted by molar-refractivity contribution is 5.79. The summed E-state index contributed by atoms with van der Waals surface area (Å²) in [6, 6.07) is 16.7. The van der Waals surface area contributed by atoms with E-state index in [1.165, 1.54) is 106 Å². The van der Waals surface area contributed by atoms with Crippen molar-refractivity contribution in [2.75, 3.05) is 86.3 Å². The third kappa shape index (κ3) is 17.6. The molecule has 2 aromatic rings. The molecule has 1 aliphatic carbocycles. The smallest absolute Gasteiger partial charge is 0.409 e. The zero-order valence-electron chi connectivity index (χ0n) is 31.4. The first kappa shape index (κ1) is 41.9. The van der Waals surface area contributed by atoms with Crippen LogP contribution in [0, 0.1) is 0 Å². The largest absolute Gasteiger partial charge is 0.448 e. The predicted octanol–water partition coefficient (Wildman–Crippen LogP) is 9.43. The van der Waals surface area contributed by atoms with Gasteiger partial charge in [-0.2, -0.15) is 0 Å². The maximum absolute atomic E-state index is 12.6. The number of nitrogens with zero attached hydrogens (tertiary/aromatic N) is 1. The molecule has 0 N–H and O–H groups in total. The van der Waals surface area contributed by atoms with Gasteiger partial charge in [0, 0.05) is 26.1 Å². The summed E-state index contributed by atoms with van der Waals surface area (Å²) in [5, 5.41) is 0. The van der Waals surface area contributed by atoms with Crippen LogP contribution < -0.4 is 0 Å². The SMILES string of the molecule is CCCCCCCCCCCCCCCCOCCOCCOCCOCCOCCN(C)C(=O)OCC1c2ccccc2-c2ccccc21. The van der Waals surface area contributed by atoms with Gasteiger partial charge in [0.15, 0.2) is 0 Å². The molecule has 8 heteroatoms. The minimum Gasteiger partial charge on any atom is -0.448 e. The Kier molecular flexibility index (Phi) is 23.6. The van der Waals surface area contributed by atoms with Crippen LogP contribution in [0.1, 0.15) is 114 Å². The van der Waals surface area contributed by atoms with Crippen LogP contribution in [0.5, 0.6) is 0 Å². The quantitative estimate of drug-likeness (QED) is 0.0705. The summed E-state index contributed by atoms with van der Waals surface area (Å²) in [7, 11) is 1.73. The second-order valence-electron chi connectivity index (χ2n) is 13.4. The molecule has 0 unspecified atom stereocenters. The minimum atomic E-state index is -0.347. The Morgan fingerprint density at radius 2 is 0.900 bits per heavy atom. The lowest BCUT2D eigenvalue weighted by Crippen LogP contribution is -2.32. The van der Waals surface area contributed by atoms with Gasteiger partial charge in [0.05, 0.1) is 59.5 Å². The molecule has 0 heterocycles. The molecular weight excluding hydrogens is 630 g/mol. The lowest BCUT2D eigenvalue weighted by Gasteiger charge is -2.19. The van der Waals surface area contributed by atoms with Gasteiger partial charge in [-0.3, -0.25) is 0 Å². The summed E-state index contributed by atoms with van der Waals surface area (Å²) in [5.74, 6) is 0.0534. The third-order valence-electron chi connectivity index (χ3n) is 9.35. The molecule has 1 amide bonds. The van der Waals surface area contributed by atoms with Crippen molar-refractivity contribution in [2.24, 2.45) is 0 Å². The van der Waals surface area contributed by atoms with Crippen molar-refractivity contribution >= 4 is 6.09 Å². The van der Waals surface area contributed by atoms with Gasteiger partial charge >= 0.3 is 6.09 Å². The van der Waals surface area contributed by atoms with E-state index in [0.29, 0.717) is 72.6 Å². The van der Waals surface area contributed by atoms with Gasteiger partial charge < -0.3 is 33.3 Å². The molecule has 2 aromatic carbocycles. The lowest BCUT2D eigenvalue weighted by molar-refractivity contribution is -0.0121. The van der Waals surface area contributed by atoms with E-state index < -0.39 is 0 Å². The van der Waals surface area contributed by atoms with Crippen molar-refractivity contribution in [1.29, 1.82) is 0 Å². The summed E-state index contributed by atoms with van der Waals surface area (Å²) in [6.45, 7) is 8.60. The van der Waals surface area contributed by atoms with Crippen LogP contribution in [0.2, 0.25) is 0 Å². The van der Waals surface area contributed by atoms with Crippen molar-refractivity contribution in [2.45, 2.75) is 103 Å². The highest BCUT2D eigenvalue weighted by atomic mass is 16.6. The van der Waals surface area contributed by atoms with Gasteiger partial charge in [0.2, 0.25) is 0 Å². The van der Waals surface area contributed by atoms with Gasteiger partial charge in [0.25, 0.3) is 0 Å². The predicted molar refractivity (Wildman–Crippen MR) is 202 cm³/mol. The maximum Gasteiger partial charge on any atom is 0.409 e. The molecule has 8 nitrogen and oxygen atoms in total. The van der Waals surface area contributed by atoms with Crippen molar-refractivity contribution in [3.05, 3.63) is 59.7 Å². The Morgan fingerprint density at radius 3 is 1.36 bits per heavy atom. The molecule has 0 bridgehead atoms. The van der Waals surface area contributed by atoms with E-state index >= 15 is 0 Å². The fraction of sp³-hybridized carbons (Fsp3) is 0.690. The van der Waals surface area contributed by atoms with Crippen LogP contribution in [-0.2, 0) is 28.4 Å². The van der Waals surface area contributed by atoms with Gasteiger partial charge in [-0.25, -0.2) is 4.79 Å². The maximum atomic E-state index is 12.6. The first-order valence-corrected chi connectivity index (χ1v) is 19.7. The highest BCUT2D eigenvalue weighted by Crippen LogP contribution is 2.44. The molecule has 0 fully saturated rings. The molecule has 0 aromatic heterocycles. The van der Waals surface area contributed by atoms with E-state index in [4.69, 9.17) is 28.4 Å². The van der Waals surface area contributed by atoms with Gasteiger partial charge in [0.1, 0.15) is 6.61 Å². The first-order valence-electron chi connectivity index (χ1n) is 19.7. The van der Waals surface area contributed by atoms with Crippen LogP contribution in [0.3, 0.4) is 0 Å². The van der Waals surface area contributed by atoms with Crippen LogP contribution in [0.25, 0.3) is 11.1 Å². The molecule has 0 spiro atoms. The summed E-state index contributed by atoms with van der Waals surface area (Å²) >= 11 is 0. The number of unbranched alkanes of at least 4 members (excludes halogenated alkanes) is 13. The highest BCUT2D eigenvalue weighted by Gasteiger charge is 2.29. The fourth-order valence-electron chi connectivity index (χ4n) is 6.38. The molecule has 0 saturated heterocycles. The number of ether oxygens (including phenoxy) is 6. The average molecular weight is 698 g/mol. The van der Waals surface area contributed by atoms with E-state index in [1.54, 1.807) is 11.9 Å². The molecule has 0 aliphatic heterocycles. The number of carbonyl (C=O) groups is 1. The van der Waals surface area contributed by atoms with Crippen LogP contribution in [-0.4, -0.2) is 97.3 Å². The molecule has 0 saturated carbocycles. The monoisotopic (exact) mass is 697 g/mol. The van der Waals surface area contributed by atoms with E-state index in [-0.39, 0.29) is 12.0 Å². The van der Waals surface area contributed by atoms with Gasteiger partial charge in [-0.05, 0) is 28.7 Å². The van der Waals surface area contributed by atoms with Crippen molar-refractivity contribution in [1.82, 2.24) is 4.90 Å². The summed E-state index contributed by atoms with van der Waals surface area (Å²) < 4.78 is 33.7. The van der Waals surface area contributed by atoms with E-state index in [0.717, 1.165) is 13.0 Å². The minimum absolute atomic E-state index is 0.0534. The number of amides is 1. The second-order valence-corrected chi connectivity index (χ2v) is 13.4. The second kappa shape index (κ2) is 28.1. The Bertz CT molecular complexity index is 1080. The molecule has 50 heavy (non-hydrogen) atoms. The Balaban J connectivity index is 1.00.